The van der Waals surface area contributed by atoms with Crippen molar-refractivity contribution in [1.29, 1.82) is 0 Å². The zero-order valence-corrected chi connectivity index (χ0v) is 30.2. The van der Waals surface area contributed by atoms with E-state index in [0.29, 0.717) is 23.3 Å². The zero-order valence-electron chi connectivity index (χ0n) is 29.4. The molecule has 45 heavy (non-hydrogen) atoms. The van der Waals surface area contributed by atoms with Crippen molar-refractivity contribution in [2.75, 3.05) is 26.2 Å². The molecule has 4 rings (SSSR count). The predicted molar refractivity (Wildman–Crippen MR) is 191 cm³/mol. The predicted octanol–water partition coefficient (Wildman–Crippen LogP) is 8.39. The third kappa shape index (κ3) is 10.9. The molecule has 0 bridgehead atoms. The summed E-state index contributed by atoms with van der Waals surface area (Å²) >= 11 is 0. The lowest BCUT2D eigenvalue weighted by molar-refractivity contribution is -0.0991. The summed E-state index contributed by atoms with van der Waals surface area (Å²) < 4.78 is 36.9. The molecule has 0 amide bonds. The molecule has 8 heteroatoms. The van der Waals surface area contributed by atoms with Crippen molar-refractivity contribution in [3.63, 3.8) is 0 Å². The maximum atomic E-state index is 11.3. The van der Waals surface area contributed by atoms with Crippen molar-refractivity contribution in [2.45, 2.75) is 164 Å². The van der Waals surface area contributed by atoms with Gasteiger partial charge >= 0.3 is 10.4 Å². The Bertz CT molecular complexity index is 933. The molecule has 9 atom stereocenters. The van der Waals surface area contributed by atoms with Crippen LogP contribution >= 0.6 is 0 Å². The lowest BCUT2D eigenvalue weighted by atomic mass is 9.46. The first kappa shape index (κ1) is 40.9. The van der Waals surface area contributed by atoms with E-state index in [4.69, 9.17) is 9.92 Å². The molecule has 0 radical (unpaired) electrons. The molecule has 0 aromatic heterocycles. The van der Waals surface area contributed by atoms with Crippen LogP contribution in [-0.2, 0) is 14.6 Å². The number of fused-ring (bicyclic) bond motifs is 5. The number of unbranched alkanes of at least 4 members (excludes halogenated alkanes) is 1. The molecule has 0 aromatic rings. The maximum absolute atomic E-state index is 11.3. The minimum atomic E-state index is -4.40. The minimum absolute atomic E-state index is 0. The summed E-state index contributed by atoms with van der Waals surface area (Å²) in [5.41, 5.74) is 6.52. The van der Waals surface area contributed by atoms with Crippen LogP contribution in [0.1, 0.15) is 152 Å². The van der Waals surface area contributed by atoms with Crippen LogP contribution < -0.4 is 16.4 Å². The topological polar surface area (TPSA) is 114 Å². The quantitative estimate of drug-likeness (QED) is 0.0974. The SMILES string of the molecule is C.CC.CC(C)C(CCCC1CCC2C3CCC4CCC(NCCCNCCCCN)CCC4(C)C3CCC12C)OS(=O)(=O)O. The van der Waals surface area contributed by atoms with Gasteiger partial charge in [0.05, 0.1) is 6.10 Å². The third-order valence-corrected chi connectivity index (χ3v) is 13.4. The van der Waals surface area contributed by atoms with Crippen LogP contribution in [0.4, 0.5) is 0 Å². The van der Waals surface area contributed by atoms with Gasteiger partial charge in [-0.1, -0.05) is 55.4 Å². The highest BCUT2D eigenvalue weighted by Crippen LogP contribution is 2.67. The van der Waals surface area contributed by atoms with Crippen LogP contribution in [0.15, 0.2) is 0 Å². The Morgan fingerprint density at radius 2 is 1.51 bits per heavy atom. The summed E-state index contributed by atoms with van der Waals surface area (Å²) in [6, 6.07) is 0.687. The van der Waals surface area contributed by atoms with Gasteiger partial charge in [-0.3, -0.25) is 4.55 Å². The summed E-state index contributed by atoms with van der Waals surface area (Å²) in [7, 11) is -4.40. The van der Waals surface area contributed by atoms with Gasteiger partial charge in [0.2, 0.25) is 0 Å². The van der Waals surface area contributed by atoms with Gasteiger partial charge in [-0.15, -0.1) is 0 Å². The molecule has 268 valence electrons. The lowest BCUT2D eigenvalue weighted by Gasteiger charge is -2.59. The highest BCUT2D eigenvalue weighted by molar-refractivity contribution is 7.80. The molecule has 5 N–H and O–H groups in total. The molecule has 0 aromatic carbocycles. The van der Waals surface area contributed by atoms with Gasteiger partial charge in [0.15, 0.2) is 0 Å². The standard InChI is InChI=1S/C34H65N3O4S.C2H6.CH4/c1-25(2)32(41-42(38,39)40)10-7-9-26-13-16-30-29-15-12-27-11-14-28(37-24-8-23-36-22-6-5-21-35)17-19-33(27,3)31(29)18-20-34(26,30)4;1-2;/h25-32,36-37H,5-24,35H2,1-4H3,(H,38,39,40);1-2H3;1H4. The van der Waals surface area contributed by atoms with E-state index in [1.165, 1.54) is 77.0 Å². The van der Waals surface area contributed by atoms with E-state index in [2.05, 4.69) is 24.5 Å². The van der Waals surface area contributed by atoms with E-state index < -0.39 is 16.5 Å². The number of hydrogen-bond donors (Lipinski definition) is 4. The molecule has 4 aliphatic rings. The van der Waals surface area contributed by atoms with Gasteiger partial charge in [-0.25, -0.2) is 4.18 Å². The highest BCUT2D eigenvalue weighted by atomic mass is 32.3. The van der Waals surface area contributed by atoms with Gasteiger partial charge in [0, 0.05) is 6.04 Å². The Balaban J connectivity index is 0.00000230. The van der Waals surface area contributed by atoms with E-state index in [0.717, 1.165) is 75.0 Å². The van der Waals surface area contributed by atoms with Crippen molar-refractivity contribution in [1.82, 2.24) is 10.6 Å². The minimum Gasteiger partial charge on any atom is -0.330 e. The van der Waals surface area contributed by atoms with E-state index in [1.54, 1.807) is 0 Å². The lowest BCUT2D eigenvalue weighted by Crippen LogP contribution is -2.51. The molecular formula is C37H75N3O4S. The van der Waals surface area contributed by atoms with Crippen LogP contribution in [0.3, 0.4) is 0 Å². The second kappa shape index (κ2) is 19.1. The van der Waals surface area contributed by atoms with Crippen LogP contribution in [0.2, 0.25) is 0 Å². The van der Waals surface area contributed by atoms with E-state index in [1.807, 2.05) is 27.7 Å². The molecule has 4 aliphatic carbocycles. The monoisotopic (exact) mass is 658 g/mol. The van der Waals surface area contributed by atoms with Crippen molar-refractivity contribution in [3.8, 4) is 0 Å². The summed E-state index contributed by atoms with van der Waals surface area (Å²) in [4.78, 5) is 0. The van der Waals surface area contributed by atoms with E-state index in [9.17, 15) is 13.0 Å². The molecule has 0 heterocycles. The number of nitrogens with two attached hydrogens (primary N) is 1. The highest BCUT2D eigenvalue weighted by Gasteiger charge is 2.59. The van der Waals surface area contributed by atoms with E-state index in [-0.39, 0.29) is 13.3 Å². The Morgan fingerprint density at radius 3 is 2.20 bits per heavy atom. The first-order valence-corrected chi connectivity index (χ1v) is 20.1. The van der Waals surface area contributed by atoms with Gasteiger partial charge in [-0.05, 0) is 169 Å². The summed E-state index contributed by atoms with van der Waals surface area (Å²) in [6.07, 6.45) is 19.7. The summed E-state index contributed by atoms with van der Waals surface area (Å²) in [5.74, 6) is 4.31. The third-order valence-electron chi connectivity index (χ3n) is 13.0. The van der Waals surface area contributed by atoms with Crippen LogP contribution in [0, 0.1) is 46.3 Å². The van der Waals surface area contributed by atoms with Gasteiger partial charge in [0.25, 0.3) is 0 Å². The fourth-order valence-electron chi connectivity index (χ4n) is 10.5. The molecule has 0 aliphatic heterocycles. The summed E-state index contributed by atoms with van der Waals surface area (Å²) in [6.45, 7) is 17.4. The van der Waals surface area contributed by atoms with Crippen molar-refractivity contribution >= 4 is 10.4 Å². The molecule has 0 spiro atoms. The molecule has 7 nitrogen and oxygen atoms in total. The zero-order chi connectivity index (χ0) is 32.4. The Labute approximate surface area is 279 Å². The first-order chi connectivity index (χ1) is 21.0. The van der Waals surface area contributed by atoms with Crippen molar-refractivity contribution in [2.24, 2.45) is 52.1 Å². The smallest absolute Gasteiger partial charge is 0.330 e. The Morgan fingerprint density at radius 1 is 0.844 bits per heavy atom. The maximum Gasteiger partial charge on any atom is 0.397 e. The van der Waals surface area contributed by atoms with Crippen molar-refractivity contribution < 1.29 is 17.2 Å². The van der Waals surface area contributed by atoms with Gasteiger partial charge in [-0.2, -0.15) is 8.42 Å². The first-order valence-electron chi connectivity index (χ1n) is 18.8. The Kier molecular flexibility index (Phi) is 17.3. The average molecular weight is 658 g/mol. The number of rotatable bonds is 16. The van der Waals surface area contributed by atoms with Crippen LogP contribution in [0.25, 0.3) is 0 Å². The second-order valence-corrected chi connectivity index (χ2v) is 16.6. The van der Waals surface area contributed by atoms with Crippen LogP contribution in [-0.4, -0.2) is 51.3 Å². The number of hydrogen-bond acceptors (Lipinski definition) is 6. The van der Waals surface area contributed by atoms with Crippen LogP contribution in [0.5, 0.6) is 0 Å². The molecule has 0 saturated heterocycles. The van der Waals surface area contributed by atoms with Gasteiger partial charge < -0.3 is 16.4 Å². The summed E-state index contributed by atoms with van der Waals surface area (Å²) in [5, 5.41) is 7.51. The number of nitrogens with one attached hydrogen (secondary N) is 2. The van der Waals surface area contributed by atoms with Crippen molar-refractivity contribution in [3.05, 3.63) is 0 Å². The molecule has 9 unspecified atom stereocenters. The fraction of sp³-hybridized carbons (Fsp3) is 1.00. The molecular weight excluding hydrogens is 582 g/mol. The molecule has 4 saturated carbocycles. The Hall–Kier alpha value is -0.250. The fourth-order valence-corrected chi connectivity index (χ4v) is 11.1. The second-order valence-electron chi connectivity index (χ2n) is 15.6. The average Bonchev–Trinajstić information content (AvgIpc) is 3.22. The largest absolute Gasteiger partial charge is 0.397 e. The van der Waals surface area contributed by atoms with E-state index >= 15 is 0 Å². The normalized spacial score (nSPS) is 35.2. The van der Waals surface area contributed by atoms with Gasteiger partial charge in [0.1, 0.15) is 0 Å². The molecule has 4 fully saturated rings.